The number of hydrogen-bond acceptors (Lipinski definition) is 2. The second-order valence-electron chi connectivity index (χ2n) is 7.91. The van der Waals surface area contributed by atoms with Crippen LogP contribution in [0, 0.1) is 26.7 Å². The maximum absolute atomic E-state index is 13.1. The zero-order valence-electron chi connectivity index (χ0n) is 16.4. The molecule has 2 aromatic carbocycles. The molecule has 0 bridgehead atoms. The van der Waals surface area contributed by atoms with Gasteiger partial charge in [-0.15, -0.1) is 0 Å². The van der Waals surface area contributed by atoms with Gasteiger partial charge >= 0.3 is 0 Å². The van der Waals surface area contributed by atoms with Crippen LogP contribution in [-0.4, -0.2) is 23.9 Å². The summed E-state index contributed by atoms with van der Waals surface area (Å²) in [5.74, 6) is 1.20. The number of furan rings is 1. The minimum atomic E-state index is 0.0390. The quantitative estimate of drug-likeness (QED) is 0.621. The largest absolute Gasteiger partial charge is 0.451 e. The van der Waals surface area contributed by atoms with E-state index in [1.54, 1.807) is 0 Å². The van der Waals surface area contributed by atoms with Gasteiger partial charge in [0.2, 0.25) is 0 Å². The zero-order valence-corrected chi connectivity index (χ0v) is 16.4. The summed E-state index contributed by atoms with van der Waals surface area (Å²) in [4.78, 5) is 15.0. The molecule has 0 atom stereocenters. The summed E-state index contributed by atoms with van der Waals surface area (Å²) in [6.07, 6.45) is 3.21. The summed E-state index contributed by atoms with van der Waals surface area (Å²) in [6, 6.07) is 14.8. The third-order valence-electron chi connectivity index (χ3n) is 6.02. The van der Waals surface area contributed by atoms with E-state index in [0.29, 0.717) is 11.7 Å². The molecule has 3 heteroatoms. The number of carbonyl (C=O) groups excluding carboxylic acids is 1. The third kappa shape index (κ3) is 3.51. The SMILES string of the molecule is Cc1cc2oc(C(=O)N3CCC(Cc4ccccc4)CC3)c(C)c2cc1C. The van der Waals surface area contributed by atoms with Crippen molar-refractivity contribution in [2.45, 2.75) is 40.0 Å². The number of fused-ring (bicyclic) bond motifs is 1. The molecule has 0 N–H and O–H groups in total. The molecule has 0 spiro atoms. The highest BCUT2D eigenvalue weighted by atomic mass is 16.3. The van der Waals surface area contributed by atoms with Gasteiger partial charge in [-0.3, -0.25) is 4.79 Å². The predicted molar refractivity (Wildman–Crippen MR) is 109 cm³/mol. The van der Waals surface area contributed by atoms with Crippen molar-refractivity contribution in [3.63, 3.8) is 0 Å². The highest BCUT2D eigenvalue weighted by molar-refractivity contribution is 5.99. The average Bonchev–Trinajstić information content (AvgIpc) is 2.99. The molecule has 4 rings (SSSR count). The van der Waals surface area contributed by atoms with Crippen LogP contribution >= 0.6 is 0 Å². The summed E-state index contributed by atoms with van der Waals surface area (Å²) >= 11 is 0. The second-order valence-corrected chi connectivity index (χ2v) is 7.91. The van der Waals surface area contributed by atoms with Gasteiger partial charge in [-0.25, -0.2) is 0 Å². The lowest BCUT2D eigenvalue weighted by atomic mass is 9.90. The molecule has 3 nitrogen and oxygen atoms in total. The van der Waals surface area contributed by atoms with Gasteiger partial charge in [-0.2, -0.15) is 0 Å². The van der Waals surface area contributed by atoms with E-state index >= 15 is 0 Å². The van der Waals surface area contributed by atoms with Gasteiger partial charge in [0.1, 0.15) is 5.58 Å². The fourth-order valence-corrected chi connectivity index (χ4v) is 4.11. The van der Waals surface area contributed by atoms with Crippen molar-refractivity contribution in [1.29, 1.82) is 0 Å². The van der Waals surface area contributed by atoms with Crippen LogP contribution in [0.1, 0.15) is 45.7 Å². The summed E-state index contributed by atoms with van der Waals surface area (Å²) < 4.78 is 5.98. The fraction of sp³-hybridized carbons (Fsp3) is 0.375. The number of amides is 1. The fourth-order valence-electron chi connectivity index (χ4n) is 4.11. The topological polar surface area (TPSA) is 33.5 Å². The first kappa shape index (κ1) is 17.8. The van der Waals surface area contributed by atoms with Gasteiger partial charge in [0.05, 0.1) is 0 Å². The summed E-state index contributed by atoms with van der Waals surface area (Å²) in [5, 5.41) is 1.06. The first-order valence-electron chi connectivity index (χ1n) is 9.86. The van der Waals surface area contributed by atoms with Crippen molar-refractivity contribution in [3.8, 4) is 0 Å². The Morgan fingerprint density at radius 2 is 1.70 bits per heavy atom. The Hall–Kier alpha value is -2.55. The van der Waals surface area contributed by atoms with E-state index in [2.05, 4.69) is 50.2 Å². The molecule has 27 heavy (non-hydrogen) atoms. The lowest BCUT2D eigenvalue weighted by molar-refractivity contribution is 0.0660. The van der Waals surface area contributed by atoms with Crippen LogP contribution in [0.5, 0.6) is 0 Å². The monoisotopic (exact) mass is 361 g/mol. The van der Waals surface area contributed by atoms with Crippen LogP contribution in [0.3, 0.4) is 0 Å². The Morgan fingerprint density at radius 1 is 1.04 bits per heavy atom. The lowest BCUT2D eigenvalue weighted by Crippen LogP contribution is -2.39. The van der Waals surface area contributed by atoms with Gasteiger partial charge < -0.3 is 9.32 Å². The lowest BCUT2D eigenvalue weighted by Gasteiger charge is -2.31. The number of hydrogen-bond donors (Lipinski definition) is 0. The molecule has 1 aliphatic rings. The van der Waals surface area contributed by atoms with Crippen molar-refractivity contribution < 1.29 is 9.21 Å². The smallest absolute Gasteiger partial charge is 0.289 e. The van der Waals surface area contributed by atoms with E-state index < -0.39 is 0 Å². The summed E-state index contributed by atoms with van der Waals surface area (Å²) in [5.41, 5.74) is 5.59. The highest BCUT2D eigenvalue weighted by Crippen LogP contribution is 2.30. The Bertz CT molecular complexity index is 963. The van der Waals surface area contributed by atoms with Crippen LogP contribution in [0.4, 0.5) is 0 Å². The first-order chi connectivity index (χ1) is 13.0. The Labute approximate surface area is 161 Å². The van der Waals surface area contributed by atoms with E-state index in [1.807, 2.05) is 17.9 Å². The van der Waals surface area contributed by atoms with E-state index in [4.69, 9.17) is 4.42 Å². The summed E-state index contributed by atoms with van der Waals surface area (Å²) in [6.45, 7) is 7.79. The summed E-state index contributed by atoms with van der Waals surface area (Å²) in [7, 11) is 0. The molecule has 0 radical (unpaired) electrons. The minimum Gasteiger partial charge on any atom is -0.451 e. The second kappa shape index (κ2) is 7.22. The Balaban J connectivity index is 1.46. The molecule has 1 aliphatic heterocycles. The van der Waals surface area contributed by atoms with Crippen LogP contribution in [-0.2, 0) is 6.42 Å². The number of carbonyl (C=O) groups is 1. The van der Waals surface area contributed by atoms with Crippen molar-refractivity contribution in [2.24, 2.45) is 5.92 Å². The van der Waals surface area contributed by atoms with Crippen molar-refractivity contribution in [3.05, 3.63) is 70.5 Å². The van der Waals surface area contributed by atoms with E-state index in [0.717, 1.165) is 48.9 Å². The zero-order chi connectivity index (χ0) is 19.0. The third-order valence-corrected chi connectivity index (χ3v) is 6.02. The molecule has 1 aromatic heterocycles. The molecular weight excluding hydrogens is 334 g/mol. The average molecular weight is 361 g/mol. The number of nitrogens with zero attached hydrogens (tertiary/aromatic N) is 1. The number of aryl methyl sites for hydroxylation is 3. The van der Waals surface area contributed by atoms with Crippen molar-refractivity contribution in [2.75, 3.05) is 13.1 Å². The minimum absolute atomic E-state index is 0.0390. The van der Waals surface area contributed by atoms with Gasteiger partial charge in [0.15, 0.2) is 5.76 Å². The molecule has 0 aliphatic carbocycles. The standard InChI is InChI=1S/C24H27NO2/c1-16-13-21-18(3)23(27-22(21)14-17(16)2)24(26)25-11-9-20(10-12-25)15-19-7-5-4-6-8-19/h4-8,13-14,20H,9-12,15H2,1-3H3. The van der Waals surface area contributed by atoms with E-state index in [-0.39, 0.29) is 5.91 Å². The first-order valence-corrected chi connectivity index (χ1v) is 9.86. The van der Waals surface area contributed by atoms with Crippen LogP contribution in [0.15, 0.2) is 46.9 Å². The molecule has 0 saturated carbocycles. The van der Waals surface area contributed by atoms with Gasteiger partial charge in [-0.1, -0.05) is 30.3 Å². The molecule has 3 aromatic rings. The normalized spacial score (nSPS) is 15.4. The number of likely N-dealkylation sites (tertiary alicyclic amines) is 1. The molecule has 0 unspecified atom stereocenters. The molecule has 1 saturated heterocycles. The van der Waals surface area contributed by atoms with E-state index in [1.165, 1.54) is 16.7 Å². The van der Waals surface area contributed by atoms with Gasteiger partial charge in [0, 0.05) is 24.0 Å². The number of rotatable bonds is 3. The molecule has 140 valence electrons. The van der Waals surface area contributed by atoms with Gasteiger partial charge in [-0.05, 0) is 74.8 Å². The maximum atomic E-state index is 13.1. The number of benzene rings is 2. The van der Waals surface area contributed by atoms with Crippen LogP contribution in [0.2, 0.25) is 0 Å². The van der Waals surface area contributed by atoms with Crippen LogP contribution < -0.4 is 0 Å². The van der Waals surface area contributed by atoms with Crippen molar-refractivity contribution >= 4 is 16.9 Å². The van der Waals surface area contributed by atoms with Gasteiger partial charge in [0.25, 0.3) is 5.91 Å². The molecule has 1 amide bonds. The molecule has 2 heterocycles. The maximum Gasteiger partial charge on any atom is 0.289 e. The van der Waals surface area contributed by atoms with Crippen molar-refractivity contribution in [1.82, 2.24) is 4.90 Å². The Morgan fingerprint density at radius 3 is 2.41 bits per heavy atom. The number of piperidine rings is 1. The molecule has 1 fully saturated rings. The predicted octanol–water partition coefficient (Wildman–Crippen LogP) is 5.45. The Kier molecular flexibility index (Phi) is 4.77. The molecular formula is C24H27NO2. The van der Waals surface area contributed by atoms with Crippen LogP contribution in [0.25, 0.3) is 11.0 Å². The van der Waals surface area contributed by atoms with E-state index in [9.17, 15) is 4.79 Å². The highest BCUT2D eigenvalue weighted by Gasteiger charge is 2.27.